The molecule has 0 spiro atoms. The zero-order valence-corrected chi connectivity index (χ0v) is 21.5. The molecule has 0 unspecified atom stereocenters. The van der Waals surface area contributed by atoms with Crippen LogP contribution in [0.15, 0.2) is 0 Å². The highest BCUT2D eigenvalue weighted by atomic mass is 16.8. The summed E-state index contributed by atoms with van der Waals surface area (Å²) < 4.78 is 38.9. The molecule has 3 aliphatic rings. The number of hydrogen-bond donors (Lipinski definition) is 8. The van der Waals surface area contributed by atoms with Crippen LogP contribution in [0.3, 0.4) is 0 Å². The lowest BCUT2D eigenvalue weighted by Gasteiger charge is -2.49. The maximum atomic E-state index is 11.9. The van der Waals surface area contributed by atoms with Crippen LogP contribution in [0.5, 0.6) is 0 Å². The van der Waals surface area contributed by atoms with Gasteiger partial charge < -0.3 is 74.2 Å². The average molecular weight is 558 g/mol. The van der Waals surface area contributed by atoms with Gasteiger partial charge in [-0.3, -0.25) is 4.79 Å². The Morgan fingerprint density at radius 1 is 0.789 bits per heavy atom. The maximum Gasteiger partial charge on any atom is 0.217 e. The minimum absolute atomic E-state index is 0.0485. The predicted octanol–water partition coefficient (Wildman–Crippen LogP) is -5.09. The molecule has 0 saturated carbocycles. The molecule has 3 fully saturated rings. The van der Waals surface area contributed by atoms with Crippen LogP contribution in [0, 0.1) is 0 Å². The molecular formula is C22H39NO15. The van der Waals surface area contributed by atoms with E-state index in [1.807, 2.05) is 0 Å². The lowest BCUT2D eigenvalue weighted by Crippen LogP contribution is -2.69. The number of aliphatic hydroxyl groups excluding tert-OH is 7. The van der Waals surface area contributed by atoms with E-state index in [0.29, 0.717) is 0 Å². The van der Waals surface area contributed by atoms with E-state index < -0.39 is 105 Å². The van der Waals surface area contributed by atoms with Crippen LogP contribution in [-0.2, 0) is 38.0 Å². The molecule has 0 aromatic heterocycles. The quantitative estimate of drug-likeness (QED) is 0.132. The SMILES string of the molecule is COC[C@H]1O[C@@H](O[C@@H]2[C@@H](NC(C)=O)[C@H](O)O[C@H](CO)[C@H]2O[C@@H]2O[C@@H](C)[C@@H](O)[C@@H](O)[C@@H]2O)[C@H](O)[C@@H](O)[C@H]1OC. The molecule has 0 radical (unpaired) electrons. The van der Waals surface area contributed by atoms with Gasteiger partial charge >= 0.3 is 0 Å². The van der Waals surface area contributed by atoms with Crippen molar-refractivity contribution in [1.82, 2.24) is 5.32 Å². The number of nitrogens with one attached hydrogen (secondary N) is 1. The molecule has 0 bridgehead atoms. The van der Waals surface area contributed by atoms with E-state index in [0.717, 1.165) is 0 Å². The van der Waals surface area contributed by atoms with Gasteiger partial charge in [0, 0.05) is 21.1 Å². The second kappa shape index (κ2) is 13.5. The minimum atomic E-state index is -1.74. The maximum absolute atomic E-state index is 11.9. The fourth-order valence-electron chi connectivity index (χ4n) is 4.82. The Morgan fingerprint density at radius 3 is 1.97 bits per heavy atom. The Labute approximate surface area is 218 Å². The molecule has 3 rings (SSSR count). The Kier molecular flexibility index (Phi) is 11.2. The van der Waals surface area contributed by atoms with E-state index in [1.165, 1.54) is 28.1 Å². The fraction of sp³-hybridized carbons (Fsp3) is 0.955. The number of carbonyl (C=O) groups excluding carboxylic acids is 1. The van der Waals surface area contributed by atoms with Crippen molar-refractivity contribution in [1.29, 1.82) is 0 Å². The lowest BCUT2D eigenvalue weighted by molar-refractivity contribution is -0.371. The first-order chi connectivity index (χ1) is 17.9. The zero-order valence-electron chi connectivity index (χ0n) is 21.5. The molecule has 222 valence electrons. The van der Waals surface area contributed by atoms with E-state index in [1.54, 1.807) is 0 Å². The van der Waals surface area contributed by atoms with Crippen LogP contribution in [0.2, 0.25) is 0 Å². The highest BCUT2D eigenvalue weighted by Gasteiger charge is 2.54. The van der Waals surface area contributed by atoms with Crippen LogP contribution >= 0.6 is 0 Å². The summed E-state index contributed by atoms with van der Waals surface area (Å²) >= 11 is 0. The Morgan fingerprint density at radius 2 is 1.39 bits per heavy atom. The van der Waals surface area contributed by atoms with Crippen molar-refractivity contribution < 1.29 is 73.7 Å². The molecule has 15 atom stereocenters. The molecule has 1 amide bonds. The van der Waals surface area contributed by atoms with Gasteiger partial charge in [0.1, 0.15) is 67.1 Å². The van der Waals surface area contributed by atoms with Gasteiger partial charge in [0.15, 0.2) is 18.9 Å². The summed E-state index contributed by atoms with van der Waals surface area (Å²) in [6.07, 6.45) is -19.8. The molecule has 3 aliphatic heterocycles. The predicted molar refractivity (Wildman–Crippen MR) is 121 cm³/mol. The molecule has 0 aliphatic carbocycles. The molecule has 16 nitrogen and oxygen atoms in total. The number of aliphatic hydroxyl groups is 7. The molecule has 3 heterocycles. The Balaban J connectivity index is 1.93. The largest absolute Gasteiger partial charge is 0.394 e. The number of methoxy groups -OCH3 is 2. The summed E-state index contributed by atoms with van der Waals surface area (Å²) in [5.74, 6) is -0.601. The number of carbonyl (C=O) groups is 1. The van der Waals surface area contributed by atoms with Crippen molar-refractivity contribution in [2.45, 2.75) is 106 Å². The lowest BCUT2D eigenvalue weighted by atomic mass is 9.94. The third-order valence-electron chi connectivity index (χ3n) is 6.85. The van der Waals surface area contributed by atoms with Crippen LogP contribution in [-0.4, -0.2) is 161 Å². The number of amides is 1. The summed E-state index contributed by atoms with van der Waals surface area (Å²) in [5, 5.41) is 75.1. The Bertz CT molecular complexity index is 762. The smallest absolute Gasteiger partial charge is 0.217 e. The van der Waals surface area contributed by atoms with Gasteiger partial charge in [-0.2, -0.15) is 0 Å². The van der Waals surface area contributed by atoms with Crippen LogP contribution in [0.25, 0.3) is 0 Å². The monoisotopic (exact) mass is 557 g/mol. The van der Waals surface area contributed by atoms with Gasteiger partial charge in [-0.25, -0.2) is 0 Å². The fourth-order valence-corrected chi connectivity index (χ4v) is 4.82. The third-order valence-corrected chi connectivity index (χ3v) is 6.85. The van der Waals surface area contributed by atoms with Gasteiger partial charge in [-0.15, -0.1) is 0 Å². The standard InChI is InChI=1S/C22H39NO15/c1-7-12(26)13(27)15(29)21(34-7)37-18-9(5-24)35-20(31)11(23-8(2)25)19(18)38-22-16(30)14(28)17(33-4)10(36-22)6-32-3/h7,9-22,24,26-31H,5-6H2,1-4H3,(H,23,25)/t7-,9+,10+,11+,12+,13+,14+,15-,16+,17-,18+,19+,20+,21-,22-/m0/s1. The third kappa shape index (κ3) is 6.61. The van der Waals surface area contributed by atoms with Crippen molar-refractivity contribution in [3.8, 4) is 0 Å². The number of hydrogen-bond acceptors (Lipinski definition) is 15. The van der Waals surface area contributed by atoms with E-state index in [9.17, 15) is 40.5 Å². The van der Waals surface area contributed by atoms with Crippen molar-refractivity contribution in [3.05, 3.63) is 0 Å². The van der Waals surface area contributed by atoms with Crippen LogP contribution in [0.1, 0.15) is 13.8 Å². The summed E-state index contributed by atoms with van der Waals surface area (Å²) in [7, 11) is 2.70. The Hall–Kier alpha value is -1.09. The van der Waals surface area contributed by atoms with Crippen LogP contribution in [0.4, 0.5) is 0 Å². The van der Waals surface area contributed by atoms with Gasteiger partial charge in [-0.1, -0.05) is 0 Å². The van der Waals surface area contributed by atoms with E-state index in [-0.39, 0.29) is 6.61 Å². The second-order valence-corrected chi connectivity index (χ2v) is 9.54. The molecule has 0 aromatic rings. The summed E-state index contributed by atoms with van der Waals surface area (Å²) in [6.45, 7) is 1.82. The van der Waals surface area contributed by atoms with Crippen LogP contribution < -0.4 is 5.32 Å². The van der Waals surface area contributed by atoms with Gasteiger partial charge in [0.05, 0.1) is 19.3 Å². The average Bonchev–Trinajstić information content (AvgIpc) is 2.87. The first-order valence-electron chi connectivity index (χ1n) is 12.2. The van der Waals surface area contributed by atoms with E-state index in [2.05, 4.69) is 5.32 Å². The highest BCUT2D eigenvalue weighted by Crippen LogP contribution is 2.33. The van der Waals surface area contributed by atoms with E-state index >= 15 is 0 Å². The number of ether oxygens (including phenoxy) is 7. The molecule has 0 aromatic carbocycles. The van der Waals surface area contributed by atoms with Gasteiger partial charge in [0.2, 0.25) is 5.91 Å². The van der Waals surface area contributed by atoms with Gasteiger partial charge in [-0.05, 0) is 6.92 Å². The highest BCUT2D eigenvalue weighted by molar-refractivity contribution is 5.73. The number of rotatable bonds is 9. The molecular weight excluding hydrogens is 518 g/mol. The molecule has 3 saturated heterocycles. The minimum Gasteiger partial charge on any atom is -0.394 e. The first kappa shape index (κ1) is 31.4. The van der Waals surface area contributed by atoms with Crippen molar-refractivity contribution in [3.63, 3.8) is 0 Å². The van der Waals surface area contributed by atoms with Crippen molar-refractivity contribution in [2.75, 3.05) is 27.4 Å². The zero-order chi connectivity index (χ0) is 28.3. The molecule has 16 heteroatoms. The molecule has 8 N–H and O–H groups in total. The topological polar surface area (TPSA) is 235 Å². The summed E-state index contributed by atoms with van der Waals surface area (Å²) in [5.41, 5.74) is 0. The van der Waals surface area contributed by atoms with Crippen molar-refractivity contribution >= 4 is 5.91 Å². The van der Waals surface area contributed by atoms with Gasteiger partial charge in [0.25, 0.3) is 0 Å². The normalized spacial score (nSPS) is 48.0. The summed E-state index contributed by atoms with van der Waals surface area (Å²) in [4.78, 5) is 11.9. The van der Waals surface area contributed by atoms with Crippen molar-refractivity contribution in [2.24, 2.45) is 0 Å². The van der Waals surface area contributed by atoms with E-state index in [4.69, 9.17) is 33.2 Å². The second-order valence-electron chi connectivity index (χ2n) is 9.54. The summed E-state index contributed by atoms with van der Waals surface area (Å²) in [6, 6.07) is -1.36. The molecule has 38 heavy (non-hydrogen) atoms. The first-order valence-corrected chi connectivity index (χ1v) is 12.2.